The Balaban J connectivity index is 2.14. The summed E-state index contributed by atoms with van der Waals surface area (Å²) in [7, 11) is 0. The lowest BCUT2D eigenvalue weighted by Crippen LogP contribution is -1.79. The highest BCUT2D eigenvalue weighted by molar-refractivity contribution is 7.99. The number of H-pyrrole nitrogens is 1. The standard InChI is InChI=1S/C10H8N2OS/c13-7-8-1-3-9(4-2-8)14-10-11-5-6-12-10/h1-7H,(H,11,12). The minimum Gasteiger partial charge on any atom is -0.339 e. The maximum absolute atomic E-state index is 10.4. The van der Waals surface area contributed by atoms with Gasteiger partial charge in [0.05, 0.1) is 0 Å². The van der Waals surface area contributed by atoms with Crippen molar-refractivity contribution in [3.05, 3.63) is 42.2 Å². The monoisotopic (exact) mass is 204 g/mol. The molecule has 0 fully saturated rings. The Kier molecular flexibility index (Phi) is 2.65. The van der Waals surface area contributed by atoms with Gasteiger partial charge in [0.25, 0.3) is 0 Å². The number of carbonyl (C=O) groups excluding carboxylic acids is 1. The second kappa shape index (κ2) is 4.11. The number of aromatic nitrogens is 2. The zero-order valence-corrected chi connectivity index (χ0v) is 8.12. The Labute approximate surface area is 85.6 Å². The van der Waals surface area contributed by atoms with Crippen molar-refractivity contribution in [2.24, 2.45) is 0 Å². The highest BCUT2D eigenvalue weighted by atomic mass is 32.2. The Morgan fingerprint density at radius 3 is 2.64 bits per heavy atom. The molecule has 3 nitrogen and oxygen atoms in total. The summed E-state index contributed by atoms with van der Waals surface area (Å²) >= 11 is 1.53. The molecule has 70 valence electrons. The van der Waals surface area contributed by atoms with Gasteiger partial charge in [-0.15, -0.1) is 0 Å². The SMILES string of the molecule is O=Cc1ccc(Sc2ncc[nH]2)cc1. The van der Waals surface area contributed by atoms with Crippen LogP contribution in [0.1, 0.15) is 10.4 Å². The Bertz CT molecular complexity index is 408. The predicted molar refractivity (Wildman–Crippen MR) is 54.5 cm³/mol. The van der Waals surface area contributed by atoms with Gasteiger partial charge in [-0.05, 0) is 12.1 Å². The van der Waals surface area contributed by atoms with Crippen LogP contribution in [0.15, 0.2) is 46.7 Å². The summed E-state index contributed by atoms with van der Waals surface area (Å²) in [6, 6.07) is 7.38. The van der Waals surface area contributed by atoms with Gasteiger partial charge in [-0.3, -0.25) is 4.79 Å². The molecule has 0 bridgehead atoms. The van der Waals surface area contributed by atoms with E-state index in [-0.39, 0.29) is 0 Å². The summed E-state index contributed by atoms with van der Waals surface area (Å²) < 4.78 is 0. The van der Waals surface area contributed by atoms with Gasteiger partial charge in [-0.2, -0.15) is 0 Å². The van der Waals surface area contributed by atoms with Crippen molar-refractivity contribution in [3.63, 3.8) is 0 Å². The highest BCUT2D eigenvalue weighted by Crippen LogP contribution is 2.23. The van der Waals surface area contributed by atoms with Crippen LogP contribution in [0.3, 0.4) is 0 Å². The first-order valence-corrected chi connectivity index (χ1v) is 4.92. The lowest BCUT2D eigenvalue weighted by Gasteiger charge is -1.97. The average Bonchev–Trinajstić information content (AvgIpc) is 2.72. The van der Waals surface area contributed by atoms with Crippen molar-refractivity contribution >= 4 is 18.0 Å². The van der Waals surface area contributed by atoms with Gasteiger partial charge in [0.15, 0.2) is 5.16 Å². The molecule has 0 aliphatic heterocycles. The quantitative estimate of drug-likeness (QED) is 0.781. The molecule has 0 atom stereocenters. The maximum atomic E-state index is 10.4. The van der Waals surface area contributed by atoms with Crippen LogP contribution in [0.4, 0.5) is 0 Å². The third kappa shape index (κ3) is 2.03. The van der Waals surface area contributed by atoms with Crippen molar-refractivity contribution in [3.8, 4) is 0 Å². The van der Waals surface area contributed by atoms with E-state index >= 15 is 0 Å². The molecule has 1 heterocycles. The number of hydrogen-bond donors (Lipinski definition) is 1. The Morgan fingerprint density at radius 2 is 2.07 bits per heavy atom. The summed E-state index contributed by atoms with van der Waals surface area (Å²) in [6.07, 6.45) is 4.32. The summed E-state index contributed by atoms with van der Waals surface area (Å²) in [6.45, 7) is 0. The van der Waals surface area contributed by atoms with Gasteiger partial charge < -0.3 is 4.98 Å². The molecule has 0 aliphatic carbocycles. The number of imidazole rings is 1. The van der Waals surface area contributed by atoms with Crippen molar-refractivity contribution in [1.82, 2.24) is 9.97 Å². The van der Waals surface area contributed by atoms with Gasteiger partial charge in [-0.25, -0.2) is 4.98 Å². The number of rotatable bonds is 3. The van der Waals surface area contributed by atoms with Crippen LogP contribution in [-0.2, 0) is 0 Å². The molecule has 1 N–H and O–H groups in total. The zero-order chi connectivity index (χ0) is 9.80. The molecule has 1 aromatic heterocycles. The molecule has 0 saturated heterocycles. The molecule has 2 aromatic rings. The van der Waals surface area contributed by atoms with Crippen molar-refractivity contribution in [1.29, 1.82) is 0 Å². The largest absolute Gasteiger partial charge is 0.339 e. The van der Waals surface area contributed by atoms with E-state index in [1.807, 2.05) is 12.1 Å². The number of aromatic amines is 1. The van der Waals surface area contributed by atoms with Crippen LogP contribution in [0.5, 0.6) is 0 Å². The van der Waals surface area contributed by atoms with E-state index in [9.17, 15) is 4.79 Å². The van der Waals surface area contributed by atoms with E-state index in [4.69, 9.17) is 0 Å². The van der Waals surface area contributed by atoms with Crippen LogP contribution in [0.2, 0.25) is 0 Å². The summed E-state index contributed by atoms with van der Waals surface area (Å²) in [5.41, 5.74) is 0.689. The number of hydrogen-bond acceptors (Lipinski definition) is 3. The number of nitrogens with zero attached hydrogens (tertiary/aromatic N) is 1. The molecule has 0 unspecified atom stereocenters. The first-order chi connectivity index (χ1) is 6.88. The molecular weight excluding hydrogens is 196 g/mol. The molecule has 14 heavy (non-hydrogen) atoms. The van der Waals surface area contributed by atoms with Gasteiger partial charge in [0.1, 0.15) is 6.29 Å². The number of benzene rings is 1. The smallest absolute Gasteiger partial charge is 0.170 e. The fraction of sp³-hybridized carbons (Fsp3) is 0. The molecule has 1 aromatic carbocycles. The zero-order valence-electron chi connectivity index (χ0n) is 7.31. The average molecular weight is 204 g/mol. The second-order valence-corrected chi connectivity index (χ2v) is 3.75. The lowest BCUT2D eigenvalue weighted by molar-refractivity contribution is 0.112. The molecule has 0 aliphatic rings. The number of carbonyl (C=O) groups is 1. The highest BCUT2D eigenvalue weighted by Gasteiger charge is 1.98. The Hall–Kier alpha value is -1.55. The van der Waals surface area contributed by atoms with Crippen LogP contribution in [0.25, 0.3) is 0 Å². The summed E-state index contributed by atoms with van der Waals surface area (Å²) in [4.78, 5) is 18.6. The lowest BCUT2D eigenvalue weighted by atomic mass is 10.2. The maximum Gasteiger partial charge on any atom is 0.170 e. The van der Waals surface area contributed by atoms with E-state index in [2.05, 4.69) is 9.97 Å². The fourth-order valence-electron chi connectivity index (χ4n) is 1.03. The first-order valence-electron chi connectivity index (χ1n) is 4.11. The van der Waals surface area contributed by atoms with E-state index in [1.54, 1.807) is 24.5 Å². The molecule has 0 amide bonds. The molecule has 2 rings (SSSR count). The molecular formula is C10H8N2OS. The summed E-state index contributed by atoms with van der Waals surface area (Å²) in [5, 5.41) is 0.851. The normalized spacial score (nSPS) is 10.0. The minimum absolute atomic E-state index is 0.689. The van der Waals surface area contributed by atoms with Gasteiger partial charge in [-0.1, -0.05) is 23.9 Å². The van der Waals surface area contributed by atoms with E-state index < -0.39 is 0 Å². The minimum atomic E-state index is 0.689. The van der Waals surface area contributed by atoms with Gasteiger partial charge in [0.2, 0.25) is 0 Å². The van der Waals surface area contributed by atoms with Gasteiger partial charge >= 0.3 is 0 Å². The van der Waals surface area contributed by atoms with Crippen LogP contribution in [0, 0.1) is 0 Å². The van der Waals surface area contributed by atoms with Crippen LogP contribution >= 0.6 is 11.8 Å². The van der Waals surface area contributed by atoms with E-state index in [1.165, 1.54) is 11.8 Å². The molecule has 0 spiro atoms. The third-order valence-corrected chi connectivity index (χ3v) is 2.63. The Morgan fingerprint density at radius 1 is 1.29 bits per heavy atom. The number of aldehydes is 1. The van der Waals surface area contributed by atoms with Crippen LogP contribution < -0.4 is 0 Å². The first kappa shape index (κ1) is 9.02. The second-order valence-electron chi connectivity index (χ2n) is 2.68. The predicted octanol–water partition coefficient (Wildman–Crippen LogP) is 2.37. The molecule has 4 heteroatoms. The molecule has 0 radical (unpaired) electrons. The van der Waals surface area contributed by atoms with Crippen molar-refractivity contribution < 1.29 is 4.79 Å². The topological polar surface area (TPSA) is 45.8 Å². The third-order valence-electron chi connectivity index (χ3n) is 1.70. The molecule has 0 saturated carbocycles. The number of nitrogens with one attached hydrogen (secondary N) is 1. The fourth-order valence-corrected chi connectivity index (χ4v) is 1.77. The summed E-state index contributed by atoms with van der Waals surface area (Å²) in [5.74, 6) is 0. The van der Waals surface area contributed by atoms with E-state index in [0.717, 1.165) is 16.3 Å². The van der Waals surface area contributed by atoms with E-state index in [0.29, 0.717) is 5.56 Å². The van der Waals surface area contributed by atoms with Crippen molar-refractivity contribution in [2.75, 3.05) is 0 Å². The van der Waals surface area contributed by atoms with Crippen molar-refractivity contribution in [2.45, 2.75) is 10.1 Å². The van der Waals surface area contributed by atoms with Crippen LogP contribution in [-0.4, -0.2) is 16.3 Å². The van der Waals surface area contributed by atoms with Gasteiger partial charge in [0, 0.05) is 22.9 Å².